The maximum absolute atomic E-state index is 13.8. The maximum Gasteiger partial charge on any atom is 0.251 e. The molecule has 7 heteroatoms. The van der Waals surface area contributed by atoms with Gasteiger partial charge < -0.3 is 14.8 Å². The highest BCUT2D eigenvalue weighted by Crippen LogP contribution is 2.30. The Bertz CT molecular complexity index is 1340. The van der Waals surface area contributed by atoms with Gasteiger partial charge in [0.1, 0.15) is 11.8 Å². The van der Waals surface area contributed by atoms with Crippen LogP contribution >= 0.6 is 0 Å². The molecule has 0 spiro atoms. The number of aromatic nitrogens is 2. The number of amides is 1. The molecular formula is C32H42N4O3. The van der Waals surface area contributed by atoms with Crippen molar-refractivity contribution in [3.8, 4) is 11.1 Å². The Balaban J connectivity index is 1.97. The zero-order chi connectivity index (χ0) is 28.7. The summed E-state index contributed by atoms with van der Waals surface area (Å²) in [5.41, 5.74) is 5.84. The molecule has 2 aromatic heterocycles. The molecule has 0 saturated heterocycles. The normalized spacial score (nSPS) is 12.9. The fourth-order valence-corrected chi connectivity index (χ4v) is 4.95. The number of carbonyl (C=O) groups excluding carboxylic acids is 2. The van der Waals surface area contributed by atoms with Crippen LogP contribution in [0.1, 0.15) is 68.0 Å². The van der Waals surface area contributed by atoms with Crippen molar-refractivity contribution in [2.75, 3.05) is 20.6 Å². The second-order valence-corrected chi connectivity index (χ2v) is 11.2. The molecule has 0 radical (unpaired) electrons. The first kappa shape index (κ1) is 30.0. The molecule has 3 rings (SSSR count). The highest BCUT2D eigenvalue weighted by Gasteiger charge is 2.27. The summed E-state index contributed by atoms with van der Waals surface area (Å²) in [7, 11) is 4.01. The Morgan fingerprint density at radius 1 is 1.05 bits per heavy atom. The molecule has 7 nitrogen and oxygen atoms in total. The zero-order valence-corrected chi connectivity index (χ0v) is 24.3. The summed E-state index contributed by atoms with van der Waals surface area (Å²) in [6, 6.07) is 10.3. The first-order valence-corrected chi connectivity index (χ1v) is 13.6. The van der Waals surface area contributed by atoms with Crippen molar-refractivity contribution in [2.24, 2.45) is 5.92 Å². The summed E-state index contributed by atoms with van der Waals surface area (Å²) >= 11 is 0. The highest BCUT2D eigenvalue weighted by atomic mass is 16.2. The summed E-state index contributed by atoms with van der Waals surface area (Å²) in [4.78, 5) is 45.6. The largest absolute Gasteiger partial charge is 0.347 e. The number of benzene rings is 1. The molecule has 39 heavy (non-hydrogen) atoms. The van der Waals surface area contributed by atoms with Crippen molar-refractivity contribution in [2.45, 2.75) is 66.0 Å². The van der Waals surface area contributed by atoms with Crippen LogP contribution in [0.25, 0.3) is 11.1 Å². The third kappa shape index (κ3) is 8.20. The van der Waals surface area contributed by atoms with Gasteiger partial charge in [-0.3, -0.25) is 19.4 Å². The van der Waals surface area contributed by atoms with Gasteiger partial charge in [0.05, 0.1) is 6.04 Å². The van der Waals surface area contributed by atoms with Crippen LogP contribution in [0.4, 0.5) is 0 Å². The van der Waals surface area contributed by atoms with Gasteiger partial charge in [-0.25, -0.2) is 0 Å². The van der Waals surface area contributed by atoms with Crippen molar-refractivity contribution in [3.05, 3.63) is 87.6 Å². The van der Waals surface area contributed by atoms with Crippen LogP contribution in [0.15, 0.2) is 59.8 Å². The van der Waals surface area contributed by atoms with Gasteiger partial charge in [-0.15, -0.1) is 0 Å². The third-order valence-corrected chi connectivity index (χ3v) is 6.92. The van der Waals surface area contributed by atoms with Crippen LogP contribution in [0, 0.1) is 19.8 Å². The van der Waals surface area contributed by atoms with E-state index < -0.39 is 12.1 Å². The van der Waals surface area contributed by atoms with Crippen molar-refractivity contribution >= 4 is 11.7 Å². The summed E-state index contributed by atoms with van der Waals surface area (Å²) in [5, 5.41) is 3.11. The van der Waals surface area contributed by atoms with E-state index in [-0.39, 0.29) is 29.6 Å². The topological polar surface area (TPSA) is 84.3 Å². The number of nitrogens with zero attached hydrogens (tertiary/aromatic N) is 3. The maximum atomic E-state index is 13.8. The predicted octanol–water partition coefficient (Wildman–Crippen LogP) is 5.06. The Morgan fingerprint density at radius 2 is 1.74 bits per heavy atom. The SMILES string of the molecule is CC(=O)C[C@H](NC(=O)[C@H](CC(C)C)n1cc(CCN(C)C)ccc1=O)c1cncc(-c2c(C)cccc2C)c1. The Morgan fingerprint density at radius 3 is 2.36 bits per heavy atom. The predicted molar refractivity (Wildman–Crippen MR) is 157 cm³/mol. The molecule has 0 aliphatic heterocycles. The fraction of sp³-hybridized carbons (Fsp3) is 0.438. The fourth-order valence-electron chi connectivity index (χ4n) is 4.95. The average Bonchev–Trinajstić information content (AvgIpc) is 2.86. The van der Waals surface area contributed by atoms with E-state index in [2.05, 4.69) is 41.2 Å². The summed E-state index contributed by atoms with van der Waals surface area (Å²) in [6.45, 7) is 10.5. The van der Waals surface area contributed by atoms with Gasteiger partial charge in [0.15, 0.2) is 0 Å². The lowest BCUT2D eigenvalue weighted by Gasteiger charge is -2.26. The highest BCUT2D eigenvalue weighted by molar-refractivity contribution is 5.83. The van der Waals surface area contributed by atoms with E-state index >= 15 is 0 Å². The van der Waals surface area contributed by atoms with E-state index in [9.17, 15) is 14.4 Å². The second kappa shape index (κ2) is 13.5. The molecule has 2 heterocycles. The number of ketones is 1. The minimum atomic E-state index is -0.694. The van der Waals surface area contributed by atoms with Gasteiger partial charge in [-0.2, -0.15) is 0 Å². The van der Waals surface area contributed by atoms with Gasteiger partial charge in [-0.1, -0.05) is 38.1 Å². The molecule has 0 saturated carbocycles. The molecule has 1 aromatic carbocycles. The van der Waals surface area contributed by atoms with Gasteiger partial charge >= 0.3 is 0 Å². The van der Waals surface area contributed by atoms with E-state index in [4.69, 9.17) is 0 Å². The van der Waals surface area contributed by atoms with E-state index in [1.807, 2.05) is 58.5 Å². The van der Waals surface area contributed by atoms with Crippen LogP contribution in [0.5, 0.6) is 0 Å². The van der Waals surface area contributed by atoms with Gasteiger partial charge in [0.25, 0.3) is 5.56 Å². The number of hydrogen-bond donors (Lipinski definition) is 1. The molecule has 0 aliphatic carbocycles. The van der Waals surface area contributed by atoms with Crippen molar-refractivity contribution in [3.63, 3.8) is 0 Å². The molecule has 3 aromatic rings. The van der Waals surface area contributed by atoms with Crippen molar-refractivity contribution in [1.82, 2.24) is 19.8 Å². The zero-order valence-electron chi connectivity index (χ0n) is 24.3. The van der Waals surface area contributed by atoms with E-state index in [0.29, 0.717) is 6.42 Å². The molecule has 0 aliphatic rings. The van der Waals surface area contributed by atoms with Crippen molar-refractivity contribution in [1.29, 1.82) is 0 Å². The van der Waals surface area contributed by atoms with E-state index in [1.165, 1.54) is 13.0 Å². The monoisotopic (exact) mass is 530 g/mol. The number of nitrogens with one attached hydrogen (secondary N) is 1. The Kier molecular flexibility index (Phi) is 10.4. The lowest BCUT2D eigenvalue weighted by molar-refractivity contribution is -0.126. The molecular weight excluding hydrogens is 488 g/mol. The molecule has 0 fully saturated rings. The van der Waals surface area contributed by atoms with Crippen LogP contribution in [0.3, 0.4) is 0 Å². The first-order valence-electron chi connectivity index (χ1n) is 13.6. The number of pyridine rings is 2. The number of rotatable bonds is 12. The molecule has 1 N–H and O–H groups in total. The number of Topliss-reactive ketones (excluding diaryl/α,β-unsaturated/α-hetero) is 1. The van der Waals surface area contributed by atoms with Crippen LogP contribution in [0.2, 0.25) is 0 Å². The van der Waals surface area contributed by atoms with Crippen LogP contribution in [-0.4, -0.2) is 46.8 Å². The first-order chi connectivity index (χ1) is 18.5. The second-order valence-electron chi connectivity index (χ2n) is 11.2. The molecule has 1 amide bonds. The smallest absolute Gasteiger partial charge is 0.251 e. The van der Waals surface area contributed by atoms with Crippen LogP contribution < -0.4 is 10.9 Å². The number of likely N-dealkylation sites (N-methyl/N-ethyl adjacent to an activating group) is 1. The lowest BCUT2D eigenvalue weighted by Crippen LogP contribution is -2.40. The van der Waals surface area contributed by atoms with Crippen molar-refractivity contribution < 1.29 is 9.59 Å². The minimum absolute atomic E-state index is 0.0407. The number of aryl methyl sites for hydroxylation is 2. The Hall–Kier alpha value is -3.58. The van der Waals surface area contributed by atoms with Gasteiger partial charge in [-0.05, 0) is 87.5 Å². The molecule has 0 bridgehead atoms. The molecule has 2 atom stereocenters. The summed E-state index contributed by atoms with van der Waals surface area (Å²) in [6.07, 6.45) is 6.73. The van der Waals surface area contributed by atoms with Gasteiger partial charge in [0.2, 0.25) is 5.91 Å². The Labute approximate surface area is 232 Å². The average molecular weight is 531 g/mol. The standard InChI is InChI=1S/C32H42N4O3/c1-21(2)15-29(36-20-25(11-12-30(36)38)13-14-35(6)7)32(39)34-28(16-24(5)37)26-17-27(19-33-18-26)31-22(3)9-8-10-23(31)4/h8-12,17-21,28-29H,13-16H2,1-7H3,(H,34,39)/t28-,29-/m0/s1. The quantitative estimate of drug-likeness (QED) is 0.354. The number of hydrogen-bond acceptors (Lipinski definition) is 5. The minimum Gasteiger partial charge on any atom is -0.347 e. The van der Waals surface area contributed by atoms with E-state index in [1.54, 1.807) is 10.8 Å². The summed E-state index contributed by atoms with van der Waals surface area (Å²) < 4.78 is 1.55. The van der Waals surface area contributed by atoms with Crippen LogP contribution in [-0.2, 0) is 16.0 Å². The third-order valence-electron chi connectivity index (χ3n) is 6.92. The number of carbonyl (C=O) groups is 2. The lowest BCUT2D eigenvalue weighted by atomic mass is 9.94. The van der Waals surface area contributed by atoms with Gasteiger partial charge in [0, 0.05) is 43.2 Å². The molecule has 0 unspecified atom stereocenters. The summed E-state index contributed by atoms with van der Waals surface area (Å²) in [5.74, 6) is -0.140. The van der Waals surface area contributed by atoms with E-state index in [0.717, 1.165) is 46.3 Å². The molecule has 208 valence electrons.